The van der Waals surface area contributed by atoms with Gasteiger partial charge in [-0.1, -0.05) is 0 Å². The molecule has 0 bridgehead atoms. The van der Waals surface area contributed by atoms with Crippen LogP contribution in [0.25, 0.3) is 5.65 Å². The maximum absolute atomic E-state index is 14.2. The van der Waals surface area contributed by atoms with Crippen LogP contribution in [-0.2, 0) is 4.74 Å². The molecule has 1 aromatic carbocycles. The largest absolute Gasteiger partial charge is 0.477 e. The van der Waals surface area contributed by atoms with Crippen molar-refractivity contribution in [2.75, 3.05) is 23.3 Å². The first-order valence-electron chi connectivity index (χ1n) is 11.4. The molecule has 0 aliphatic carbocycles. The summed E-state index contributed by atoms with van der Waals surface area (Å²) in [4.78, 5) is 30.0. The van der Waals surface area contributed by atoms with Crippen molar-refractivity contribution in [3.8, 4) is 0 Å². The van der Waals surface area contributed by atoms with Crippen LogP contribution in [0.3, 0.4) is 0 Å². The molecule has 4 rings (SSSR count). The molecule has 3 heterocycles. The number of anilines is 2. The van der Waals surface area contributed by atoms with Gasteiger partial charge < -0.3 is 25.4 Å². The van der Waals surface area contributed by atoms with Gasteiger partial charge in [0.25, 0.3) is 0 Å². The maximum Gasteiger partial charge on any atom is 0.407 e. The fourth-order valence-corrected chi connectivity index (χ4v) is 4.02. The number of fused-ring (bicyclic) bond motifs is 1. The van der Waals surface area contributed by atoms with Crippen LogP contribution in [-0.4, -0.2) is 56.5 Å². The molecule has 186 valence electrons. The van der Waals surface area contributed by atoms with Crippen molar-refractivity contribution < 1.29 is 23.8 Å². The smallest absolute Gasteiger partial charge is 0.407 e. The number of alkyl carbamates (subject to hydrolysis) is 1. The van der Waals surface area contributed by atoms with Gasteiger partial charge in [-0.3, -0.25) is 0 Å². The van der Waals surface area contributed by atoms with Crippen molar-refractivity contribution in [3.63, 3.8) is 0 Å². The Labute approximate surface area is 202 Å². The minimum Gasteiger partial charge on any atom is -0.477 e. The third-order valence-corrected chi connectivity index (χ3v) is 5.75. The molecule has 10 nitrogen and oxygen atoms in total. The van der Waals surface area contributed by atoms with Crippen molar-refractivity contribution in [2.24, 2.45) is 0 Å². The lowest BCUT2D eigenvalue weighted by molar-refractivity contribution is 0.0520. The molecule has 3 aromatic rings. The first-order chi connectivity index (χ1) is 16.5. The standard InChI is InChI=1S/C24H29FN6O4/c1-14(28-20-8-10-31-21(29-20)18(13-27-31)22(32)33)17-11-15(25)5-6-19(17)30-9-7-16(30)12-26-23(34)35-24(2,3)4/h5-6,8,10-11,13-14,16H,7,9,12H2,1-4H3,(H,26,34)(H,28,29)(H,32,33)/t14-,16?/m1/s1. The Bertz CT molecular complexity index is 1250. The van der Waals surface area contributed by atoms with Crippen molar-refractivity contribution in [1.29, 1.82) is 0 Å². The van der Waals surface area contributed by atoms with Gasteiger partial charge in [-0.15, -0.1) is 0 Å². The van der Waals surface area contributed by atoms with Gasteiger partial charge in [-0.25, -0.2) is 23.5 Å². The van der Waals surface area contributed by atoms with Crippen LogP contribution in [0.2, 0.25) is 0 Å². The highest BCUT2D eigenvalue weighted by molar-refractivity contribution is 5.94. The summed E-state index contributed by atoms with van der Waals surface area (Å²) in [5.41, 5.74) is 1.21. The van der Waals surface area contributed by atoms with E-state index < -0.39 is 17.7 Å². The van der Waals surface area contributed by atoms with E-state index in [1.807, 2.05) is 27.7 Å². The molecule has 1 aliphatic rings. The molecule has 2 aromatic heterocycles. The second-order valence-corrected chi connectivity index (χ2v) is 9.53. The normalized spacial score (nSPS) is 16.5. The number of carbonyl (C=O) groups is 2. The van der Waals surface area contributed by atoms with Gasteiger partial charge in [0.15, 0.2) is 5.65 Å². The number of aromatic nitrogens is 3. The predicted octanol–water partition coefficient (Wildman–Crippen LogP) is 3.84. The average Bonchev–Trinajstić information content (AvgIpc) is 3.16. The molecular formula is C24H29FN6O4. The fraction of sp³-hybridized carbons (Fsp3) is 0.417. The van der Waals surface area contributed by atoms with Crippen LogP contribution in [0, 0.1) is 5.82 Å². The SMILES string of the molecule is C[C@@H](Nc1ccn2ncc(C(=O)O)c2n1)c1cc(F)ccc1N1CCC1CNC(=O)OC(C)(C)C. The summed E-state index contributed by atoms with van der Waals surface area (Å²) in [5, 5.41) is 19.4. The summed E-state index contributed by atoms with van der Waals surface area (Å²) in [6.07, 6.45) is 3.27. The van der Waals surface area contributed by atoms with E-state index in [0.29, 0.717) is 12.4 Å². The van der Waals surface area contributed by atoms with Gasteiger partial charge in [-0.2, -0.15) is 5.10 Å². The average molecular weight is 485 g/mol. The fourth-order valence-electron chi connectivity index (χ4n) is 4.02. The van der Waals surface area contributed by atoms with E-state index in [-0.39, 0.29) is 29.1 Å². The summed E-state index contributed by atoms with van der Waals surface area (Å²) < 4.78 is 20.9. The highest BCUT2D eigenvalue weighted by atomic mass is 19.1. The number of carboxylic acids is 1. The van der Waals surface area contributed by atoms with Crippen LogP contribution >= 0.6 is 0 Å². The number of benzene rings is 1. The number of aromatic carboxylic acids is 1. The van der Waals surface area contributed by atoms with E-state index >= 15 is 0 Å². The third-order valence-electron chi connectivity index (χ3n) is 5.75. The molecule has 35 heavy (non-hydrogen) atoms. The van der Waals surface area contributed by atoms with Crippen molar-refractivity contribution in [2.45, 2.75) is 51.8 Å². The Morgan fingerprint density at radius 2 is 2.09 bits per heavy atom. The second-order valence-electron chi connectivity index (χ2n) is 9.53. The Hall–Kier alpha value is -3.89. The number of halogens is 1. The lowest BCUT2D eigenvalue weighted by atomic mass is 9.97. The van der Waals surface area contributed by atoms with Gasteiger partial charge >= 0.3 is 12.1 Å². The number of carbonyl (C=O) groups excluding carboxylic acids is 1. The van der Waals surface area contributed by atoms with E-state index in [9.17, 15) is 19.1 Å². The summed E-state index contributed by atoms with van der Waals surface area (Å²) in [6.45, 7) is 8.49. The Balaban J connectivity index is 1.50. The summed E-state index contributed by atoms with van der Waals surface area (Å²) in [5.74, 6) is -1.04. The van der Waals surface area contributed by atoms with Crippen LogP contribution in [0.4, 0.5) is 20.7 Å². The van der Waals surface area contributed by atoms with E-state index in [4.69, 9.17) is 4.74 Å². The highest BCUT2D eigenvalue weighted by Crippen LogP contribution is 2.34. The minimum absolute atomic E-state index is 0.00587. The second kappa shape index (κ2) is 9.40. The lowest BCUT2D eigenvalue weighted by Gasteiger charge is -2.44. The van der Waals surface area contributed by atoms with Crippen LogP contribution in [0.5, 0.6) is 0 Å². The van der Waals surface area contributed by atoms with Gasteiger partial charge in [0.2, 0.25) is 0 Å². The van der Waals surface area contributed by atoms with E-state index in [1.165, 1.54) is 22.8 Å². The number of hydrogen-bond donors (Lipinski definition) is 3. The van der Waals surface area contributed by atoms with Crippen molar-refractivity contribution in [3.05, 3.63) is 53.6 Å². The molecule has 0 spiro atoms. The molecule has 1 fully saturated rings. The number of rotatable bonds is 7. The summed E-state index contributed by atoms with van der Waals surface area (Å²) >= 11 is 0. The zero-order valence-corrected chi connectivity index (χ0v) is 20.1. The van der Waals surface area contributed by atoms with Crippen LogP contribution in [0.15, 0.2) is 36.7 Å². The maximum atomic E-state index is 14.2. The number of nitrogens with one attached hydrogen (secondary N) is 2. The van der Waals surface area contributed by atoms with Crippen LogP contribution in [0.1, 0.15) is 56.1 Å². The molecule has 11 heteroatoms. The van der Waals surface area contributed by atoms with Gasteiger partial charge in [0.05, 0.1) is 12.2 Å². The van der Waals surface area contributed by atoms with Gasteiger partial charge in [0.1, 0.15) is 22.8 Å². The zero-order valence-electron chi connectivity index (χ0n) is 20.1. The van der Waals surface area contributed by atoms with E-state index in [1.54, 1.807) is 18.3 Å². The van der Waals surface area contributed by atoms with Gasteiger partial charge in [0, 0.05) is 36.6 Å². The third kappa shape index (κ3) is 5.44. The summed E-state index contributed by atoms with van der Waals surface area (Å²) in [6, 6.07) is 6.02. The molecule has 1 amide bonds. The van der Waals surface area contributed by atoms with E-state index in [2.05, 4.69) is 25.6 Å². The number of ether oxygens (including phenoxy) is 1. The van der Waals surface area contributed by atoms with E-state index in [0.717, 1.165) is 24.2 Å². The first-order valence-corrected chi connectivity index (χ1v) is 11.4. The topological polar surface area (TPSA) is 121 Å². The van der Waals surface area contributed by atoms with Crippen molar-refractivity contribution in [1.82, 2.24) is 19.9 Å². The lowest BCUT2D eigenvalue weighted by Crippen LogP contribution is -2.54. The first kappa shape index (κ1) is 24.2. The summed E-state index contributed by atoms with van der Waals surface area (Å²) in [7, 11) is 0. The molecule has 0 saturated carbocycles. The number of nitrogens with zero attached hydrogens (tertiary/aromatic N) is 4. The number of carboxylic acid groups (broad SMARTS) is 1. The zero-order chi connectivity index (χ0) is 25.3. The Kier molecular flexibility index (Phi) is 6.51. The monoisotopic (exact) mass is 484 g/mol. The van der Waals surface area contributed by atoms with Gasteiger partial charge in [-0.05, 0) is 58.4 Å². The molecule has 1 aliphatic heterocycles. The number of amides is 1. The molecule has 0 radical (unpaired) electrons. The van der Waals surface area contributed by atoms with Crippen LogP contribution < -0.4 is 15.5 Å². The number of hydrogen-bond acceptors (Lipinski definition) is 7. The van der Waals surface area contributed by atoms with Crippen molar-refractivity contribution >= 4 is 29.2 Å². The Morgan fingerprint density at radius 3 is 2.74 bits per heavy atom. The molecule has 1 saturated heterocycles. The minimum atomic E-state index is -1.12. The predicted molar refractivity (Wildman–Crippen MR) is 128 cm³/mol. The molecular weight excluding hydrogens is 455 g/mol. The molecule has 2 atom stereocenters. The molecule has 1 unspecified atom stereocenters. The highest BCUT2D eigenvalue weighted by Gasteiger charge is 2.31. The molecule has 3 N–H and O–H groups in total. The quantitative estimate of drug-likeness (QED) is 0.463. The Morgan fingerprint density at radius 1 is 1.31 bits per heavy atom.